The van der Waals surface area contributed by atoms with Crippen molar-refractivity contribution in [2.75, 3.05) is 20.1 Å². The number of halogens is 1. The molecule has 0 bridgehead atoms. The summed E-state index contributed by atoms with van der Waals surface area (Å²) in [6, 6.07) is 12.5. The minimum Gasteiger partial charge on any atom is -0.359 e. The molecule has 4 rings (SSSR count). The molecular formula is C19H20BrN3OS. The first-order valence-corrected chi connectivity index (χ1v) is 9.92. The molecule has 3 heterocycles. The summed E-state index contributed by atoms with van der Waals surface area (Å²) >= 11 is 5.24. The molecule has 1 N–H and O–H groups in total. The molecule has 0 saturated carbocycles. The first-order chi connectivity index (χ1) is 12.0. The molecule has 2 fully saturated rings. The van der Waals surface area contributed by atoms with E-state index in [2.05, 4.69) is 68.4 Å². The summed E-state index contributed by atoms with van der Waals surface area (Å²) in [7, 11) is 1.80. The molecule has 1 aromatic heterocycles. The van der Waals surface area contributed by atoms with Crippen molar-refractivity contribution in [3.63, 3.8) is 0 Å². The molecule has 1 aromatic carbocycles. The second-order valence-corrected chi connectivity index (χ2v) is 8.60. The van der Waals surface area contributed by atoms with Crippen molar-refractivity contribution in [2.24, 2.45) is 5.92 Å². The zero-order valence-electron chi connectivity index (χ0n) is 14.0. The number of carbonyl (C=O) groups is 1. The van der Waals surface area contributed by atoms with Gasteiger partial charge < -0.3 is 10.2 Å². The van der Waals surface area contributed by atoms with E-state index in [1.54, 1.807) is 23.3 Å². The van der Waals surface area contributed by atoms with Gasteiger partial charge in [0, 0.05) is 41.4 Å². The van der Waals surface area contributed by atoms with Crippen LogP contribution in [-0.4, -0.2) is 35.8 Å². The maximum atomic E-state index is 13.0. The van der Waals surface area contributed by atoms with Crippen LogP contribution in [0, 0.1) is 5.92 Å². The van der Waals surface area contributed by atoms with E-state index in [-0.39, 0.29) is 11.8 Å². The first-order valence-electron chi connectivity index (χ1n) is 8.25. The highest BCUT2D eigenvalue weighted by Gasteiger charge is 2.56. The Morgan fingerprint density at radius 3 is 2.84 bits per heavy atom. The number of thiophene rings is 1. The molecule has 2 aliphatic rings. The summed E-state index contributed by atoms with van der Waals surface area (Å²) in [5, 5.41) is 5.65. The highest BCUT2D eigenvalue weighted by Crippen LogP contribution is 2.45. The van der Waals surface area contributed by atoms with E-state index < -0.39 is 5.54 Å². The van der Waals surface area contributed by atoms with Crippen molar-refractivity contribution in [3.8, 4) is 0 Å². The van der Waals surface area contributed by atoms with Crippen LogP contribution >= 0.6 is 27.3 Å². The molecule has 1 amide bonds. The Bertz CT molecular complexity index is 821. The fraction of sp³-hybridized carbons (Fsp3) is 0.316. The molecule has 25 heavy (non-hydrogen) atoms. The third-order valence-corrected chi connectivity index (χ3v) is 7.03. The van der Waals surface area contributed by atoms with Crippen LogP contribution in [0.15, 0.2) is 58.7 Å². The minimum absolute atomic E-state index is 0.114. The number of hydrogen-bond acceptors (Lipinski definition) is 4. The van der Waals surface area contributed by atoms with Gasteiger partial charge in [0.05, 0.1) is 11.5 Å². The van der Waals surface area contributed by atoms with Crippen LogP contribution in [0.25, 0.3) is 0 Å². The lowest BCUT2D eigenvalue weighted by molar-refractivity contribution is -0.137. The van der Waals surface area contributed by atoms with E-state index in [1.165, 1.54) is 10.4 Å². The molecule has 0 spiro atoms. The van der Waals surface area contributed by atoms with Gasteiger partial charge in [0.25, 0.3) is 0 Å². The van der Waals surface area contributed by atoms with Crippen molar-refractivity contribution >= 4 is 33.2 Å². The molecule has 4 nitrogen and oxygen atoms in total. The lowest BCUT2D eigenvalue weighted by Gasteiger charge is -2.43. The second-order valence-electron chi connectivity index (χ2n) is 6.78. The van der Waals surface area contributed by atoms with Crippen molar-refractivity contribution in [3.05, 3.63) is 69.1 Å². The molecule has 2 saturated heterocycles. The van der Waals surface area contributed by atoms with Crippen LogP contribution in [0.1, 0.15) is 10.4 Å². The van der Waals surface area contributed by atoms with Crippen molar-refractivity contribution < 1.29 is 4.79 Å². The third kappa shape index (κ3) is 2.82. The summed E-state index contributed by atoms with van der Waals surface area (Å²) in [5.41, 5.74) is 0.870. The number of benzene rings is 1. The summed E-state index contributed by atoms with van der Waals surface area (Å²) in [5.74, 6) is 0.702. The number of likely N-dealkylation sites (tertiary alicyclic amines) is 1. The monoisotopic (exact) mass is 417 g/mol. The Morgan fingerprint density at radius 1 is 1.40 bits per heavy atom. The van der Waals surface area contributed by atoms with E-state index in [4.69, 9.17) is 0 Å². The molecule has 2 unspecified atom stereocenters. The van der Waals surface area contributed by atoms with Gasteiger partial charge in [0.2, 0.25) is 5.91 Å². The average Bonchev–Trinajstić information content (AvgIpc) is 3.18. The molecule has 2 aliphatic heterocycles. The molecule has 2 aromatic rings. The topological polar surface area (TPSA) is 35.6 Å². The van der Waals surface area contributed by atoms with E-state index in [1.807, 2.05) is 6.07 Å². The smallest absolute Gasteiger partial charge is 0.235 e. The van der Waals surface area contributed by atoms with Gasteiger partial charge in [-0.1, -0.05) is 36.9 Å². The Kier molecular flexibility index (Phi) is 4.22. The molecule has 2 atom stereocenters. The SMILES string of the molecule is C=C1NC2(c3cc(Br)cs3)CN(Cc3ccccc3)CC2C(=O)N1C. The van der Waals surface area contributed by atoms with E-state index in [0.29, 0.717) is 5.82 Å². The highest BCUT2D eigenvalue weighted by molar-refractivity contribution is 9.10. The van der Waals surface area contributed by atoms with Crippen LogP contribution in [0.5, 0.6) is 0 Å². The zero-order valence-corrected chi connectivity index (χ0v) is 16.4. The van der Waals surface area contributed by atoms with Gasteiger partial charge in [0.15, 0.2) is 0 Å². The minimum atomic E-state index is -0.397. The number of carbonyl (C=O) groups excluding carboxylic acids is 1. The molecule has 6 heteroatoms. The van der Waals surface area contributed by atoms with Gasteiger partial charge in [-0.3, -0.25) is 9.69 Å². The predicted octanol–water partition coefficient (Wildman–Crippen LogP) is 3.37. The van der Waals surface area contributed by atoms with Gasteiger partial charge >= 0.3 is 0 Å². The van der Waals surface area contributed by atoms with Crippen LogP contribution in [0.2, 0.25) is 0 Å². The van der Waals surface area contributed by atoms with E-state index >= 15 is 0 Å². The fourth-order valence-electron chi connectivity index (χ4n) is 3.89. The lowest BCUT2D eigenvalue weighted by atomic mass is 9.82. The number of rotatable bonds is 3. The molecular weight excluding hydrogens is 398 g/mol. The number of nitrogens with zero attached hydrogens (tertiary/aromatic N) is 2. The Hall–Kier alpha value is -1.63. The second kappa shape index (κ2) is 6.27. The van der Waals surface area contributed by atoms with Crippen LogP contribution in [-0.2, 0) is 16.9 Å². The first kappa shape index (κ1) is 16.8. The maximum absolute atomic E-state index is 13.0. The zero-order chi connectivity index (χ0) is 17.6. The van der Waals surface area contributed by atoms with Crippen LogP contribution in [0.3, 0.4) is 0 Å². The third-order valence-electron chi connectivity index (χ3n) is 5.17. The highest BCUT2D eigenvalue weighted by atomic mass is 79.9. The number of fused-ring (bicyclic) bond motifs is 1. The van der Waals surface area contributed by atoms with Crippen molar-refractivity contribution in [1.29, 1.82) is 0 Å². The Balaban J connectivity index is 1.70. The largest absolute Gasteiger partial charge is 0.359 e. The Morgan fingerprint density at radius 2 is 2.16 bits per heavy atom. The number of nitrogens with one attached hydrogen (secondary N) is 1. The lowest BCUT2D eigenvalue weighted by Crippen LogP contribution is -2.60. The van der Waals surface area contributed by atoms with Gasteiger partial charge in [0.1, 0.15) is 5.82 Å². The number of hydrogen-bond donors (Lipinski definition) is 1. The van der Waals surface area contributed by atoms with Crippen molar-refractivity contribution in [1.82, 2.24) is 15.1 Å². The van der Waals surface area contributed by atoms with Crippen LogP contribution < -0.4 is 5.32 Å². The van der Waals surface area contributed by atoms with Gasteiger partial charge in [-0.15, -0.1) is 11.3 Å². The molecule has 130 valence electrons. The van der Waals surface area contributed by atoms with E-state index in [9.17, 15) is 4.79 Å². The van der Waals surface area contributed by atoms with Gasteiger partial charge in [-0.25, -0.2) is 0 Å². The average molecular weight is 418 g/mol. The fourth-order valence-corrected chi connectivity index (χ4v) is 5.52. The number of amides is 1. The standard InChI is InChI=1S/C19H20BrN3OS/c1-13-21-19(17-8-15(20)11-25-17)12-23(9-14-6-4-3-5-7-14)10-16(19)18(24)22(13)2/h3-8,11,16,21H,1,9-10,12H2,2H3. The summed E-state index contributed by atoms with van der Waals surface area (Å²) in [6.45, 7) is 6.44. The summed E-state index contributed by atoms with van der Waals surface area (Å²) < 4.78 is 1.06. The van der Waals surface area contributed by atoms with Crippen molar-refractivity contribution in [2.45, 2.75) is 12.1 Å². The van der Waals surface area contributed by atoms with Crippen LogP contribution in [0.4, 0.5) is 0 Å². The van der Waals surface area contributed by atoms with E-state index in [0.717, 1.165) is 24.1 Å². The van der Waals surface area contributed by atoms with Gasteiger partial charge in [-0.2, -0.15) is 0 Å². The summed E-state index contributed by atoms with van der Waals surface area (Å²) in [4.78, 5) is 18.2. The quantitative estimate of drug-likeness (QED) is 0.831. The molecule has 0 aliphatic carbocycles. The normalized spacial score (nSPS) is 26.6. The predicted molar refractivity (Wildman–Crippen MR) is 104 cm³/mol. The van der Waals surface area contributed by atoms with Gasteiger partial charge in [-0.05, 0) is 27.6 Å². The molecule has 0 radical (unpaired) electrons. The summed E-state index contributed by atoms with van der Waals surface area (Å²) in [6.07, 6.45) is 0. The maximum Gasteiger partial charge on any atom is 0.235 e. The Labute approximate surface area is 160 Å².